The van der Waals surface area contributed by atoms with Crippen LogP contribution in [0.4, 0.5) is 5.69 Å². The van der Waals surface area contributed by atoms with Crippen molar-refractivity contribution in [3.05, 3.63) is 18.3 Å². The fourth-order valence-corrected chi connectivity index (χ4v) is 3.07. The van der Waals surface area contributed by atoms with Crippen molar-refractivity contribution >= 4 is 11.6 Å². The van der Waals surface area contributed by atoms with Crippen LogP contribution in [0.25, 0.3) is 0 Å². The Labute approximate surface area is 124 Å². The van der Waals surface area contributed by atoms with Crippen molar-refractivity contribution in [2.45, 2.75) is 31.4 Å². The number of rotatable bonds is 3. The molecular weight excluding hydrogens is 270 g/mol. The number of carbonyl (C=O) groups excluding carboxylic acids is 1. The number of methoxy groups -OCH3 is 1. The van der Waals surface area contributed by atoms with Crippen molar-refractivity contribution in [3.63, 3.8) is 0 Å². The van der Waals surface area contributed by atoms with E-state index in [1.54, 1.807) is 25.4 Å². The summed E-state index contributed by atoms with van der Waals surface area (Å²) in [7, 11) is 1.57. The minimum absolute atomic E-state index is 0.0301. The Hall–Kier alpha value is -1.66. The molecule has 3 rings (SSSR count). The van der Waals surface area contributed by atoms with E-state index >= 15 is 0 Å². The number of hydrogen-bond acceptors (Lipinski definition) is 5. The number of hydrogen-bond donors (Lipinski definition) is 2. The van der Waals surface area contributed by atoms with Crippen LogP contribution in [-0.4, -0.2) is 43.3 Å². The summed E-state index contributed by atoms with van der Waals surface area (Å²) in [6, 6.07) is 3.85. The summed E-state index contributed by atoms with van der Waals surface area (Å²) in [6.07, 6.45) is 4.53. The van der Waals surface area contributed by atoms with Crippen molar-refractivity contribution in [3.8, 4) is 5.88 Å². The highest BCUT2D eigenvalue weighted by Crippen LogP contribution is 2.29. The van der Waals surface area contributed by atoms with Gasteiger partial charge in [-0.05, 0) is 25.3 Å². The predicted molar refractivity (Wildman–Crippen MR) is 78.3 cm³/mol. The van der Waals surface area contributed by atoms with Crippen molar-refractivity contribution in [2.24, 2.45) is 5.92 Å². The molecule has 2 fully saturated rings. The van der Waals surface area contributed by atoms with E-state index in [1.807, 2.05) is 0 Å². The van der Waals surface area contributed by atoms with Crippen LogP contribution < -0.4 is 15.4 Å². The van der Waals surface area contributed by atoms with E-state index in [0.717, 1.165) is 32.4 Å². The third-order valence-electron chi connectivity index (χ3n) is 4.21. The first-order valence-corrected chi connectivity index (χ1v) is 7.42. The third-order valence-corrected chi connectivity index (χ3v) is 4.21. The number of nitrogens with one attached hydrogen (secondary N) is 2. The van der Waals surface area contributed by atoms with Gasteiger partial charge in [0.05, 0.1) is 31.7 Å². The number of nitrogens with zero attached hydrogens (tertiary/aromatic N) is 1. The predicted octanol–water partition coefficient (Wildman–Crippen LogP) is 1.19. The summed E-state index contributed by atoms with van der Waals surface area (Å²) in [4.78, 5) is 16.4. The molecule has 6 heteroatoms. The van der Waals surface area contributed by atoms with Gasteiger partial charge in [0, 0.05) is 24.6 Å². The third kappa shape index (κ3) is 3.33. The quantitative estimate of drug-likeness (QED) is 0.875. The number of pyridine rings is 1. The topological polar surface area (TPSA) is 72.5 Å². The average Bonchev–Trinajstić information content (AvgIpc) is 2.55. The normalized spacial score (nSPS) is 28.5. The molecule has 2 aliphatic rings. The first-order valence-electron chi connectivity index (χ1n) is 7.42. The van der Waals surface area contributed by atoms with Gasteiger partial charge in [-0.2, -0.15) is 0 Å². The van der Waals surface area contributed by atoms with Gasteiger partial charge in [0.1, 0.15) is 0 Å². The molecule has 2 N–H and O–H groups in total. The number of aromatic nitrogens is 1. The molecule has 1 amide bonds. The lowest BCUT2D eigenvalue weighted by Crippen LogP contribution is -2.52. The molecule has 1 aromatic heterocycles. The van der Waals surface area contributed by atoms with Gasteiger partial charge in [0.25, 0.3) is 0 Å². The largest absolute Gasteiger partial charge is 0.481 e. The lowest BCUT2D eigenvalue weighted by atomic mass is 9.82. The second-order valence-electron chi connectivity index (χ2n) is 5.56. The smallest absolute Gasteiger partial charge is 0.227 e. The van der Waals surface area contributed by atoms with E-state index in [0.29, 0.717) is 17.6 Å². The summed E-state index contributed by atoms with van der Waals surface area (Å²) < 4.78 is 10.7. The van der Waals surface area contributed by atoms with Crippen molar-refractivity contribution in [1.82, 2.24) is 10.3 Å². The van der Waals surface area contributed by atoms with Gasteiger partial charge in [-0.25, -0.2) is 4.98 Å². The molecule has 0 unspecified atom stereocenters. The van der Waals surface area contributed by atoms with Crippen LogP contribution in [0.5, 0.6) is 5.88 Å². The van der Waals surface area contributed by atoms with Crippen molar-refractivity contribution < 1.29 is 14.3 Å². The molecule has 114 valence electrons. The van der Waals surface area contributed by atoms with Gasteiger partial charge in [0.2, 0.25) is 11.8 Å². The van der Waals surface area contributed by atoms with Gasteiger partial charge >= 0.3 is 0 Å². The number of fused-ring (bicyclic) bond motifs is 1. The van der Waals surface area contributed by atoms with Crippen molar-refractivity contribution in [1.29, 1.82) is 0 Å². The minimum atomic E-state index is 0.0301. The molecule has 1 saturated carbocycles. The Morgan fingerprint density at radius 3 is 3.14 bits per heavy atom. The highest BCUT2D eigenvalue weighted by Gasteiger charge is 2.35. The Kier molecular flexibility index (Phi) is 4.36. The molecule has 1 saturated heterocycles. The summed E-state index contributed by atoms with van der Waals surface area (Å²) in [5.74, 6) is 0.632. The second kappa shape index (κ2) is 6.41. The maximum absolute atomic E-state index is 12.4. The summed E-state index contributed by atoms with van der Waals surface area (Å²) >= 11 is 0. The monoisotopic (exact) mass is 291 g/mol. The van der Waals surface area contributed by atoms with Gasteiger partial charge in [-0.1, -0.05) is 0 Å². The highest BCUT2D eigenvalue weighted by atomic mass is 16.5. The number of ether oxygens (including phenoxy) is 2. The maximum atomic E-state index is 12.4. The zero-order valence-corrected chi connectivity index (χ0v) is 12.2. The van der Waals surface area contributed by atoms with Crippen LogP contribution in [0.3, 0.4) is 0 Å². The molecule has 0 radical (unpaired) electrons. The Morgan fingerprint density at radius 2 is 2.38 bits per heavy atom. The second-order valence-corrected chi connectivity index (χ2v) is 5.56. The Bertz CT molecular complexity index is 491. The highest BCUT2D eigenvalue weighted by molar-refractivity contribution is 5.92. The van der Waals surface area contributed by atoms with Crippen LogP contribution in [0, 0.1) is 5.92 Å². The lowest BCUT2D eigenvalue weighted by Gasteiger charge is -2.39. The average molecular weight is 291 g/mol. The summed E-state index contributed by atoms with van der Waals surface area (Å²) in [5, 5.41) is 6.38. The molecule has 21 heavy (non-hydrogen) atoms. The van der Waals surface area contributed by atoms with E-state index < -0.39 is 0 Å². The SMILES string of the molecule is COc1ccc(NC(=O)[C@H]2CC[C@H]3OCCN[C@@H]3C2)cn1. The number of carbonyl (C=O) groups is 1. The van der Waals surface area contributed by atoms with E-state index in [-0.39, 0.29) is 17.9 Å². The van der Waals surface area contributed by atoms with Gasteiger partial charge in [-0.3, -0.25) is 4.79 Å². The number of amides is 1. The lowest BCUT2D eigenvalue weighted by molar-refractivity contribution is -0.123. The zero-order valence-electron chi connectivity index (χ0n) is 12.2. The summed E-state index contributed by atoms with van der Waals surface area (Å²) in [5.41, 5.74) is 0.704. The van der Waals surface area contributed by atoms with Crippen LogP contribution >= 0.6 is 0 Å². The molecule has 6 nitrogen and oxygen atoms in total. The standard InChI is InChI=1S/C15H21N3O3/c1-20-14-5-3-11(9-17-14)18-15(19)10-2-4-13-12(8-10)16-6-7-21-13/h3,5,9-10,12-13,16H,2,4,6-8H2,1H3,(H,18,19)/t10-,12+,13+/m0/s1. The molecule has 0 bridgehead atoms. The van der Waals surface area contributed by atoms with E-state index in [2.05, 4.69) is 15.6 Å². The van der Waals surface area contributed by atoms with Gasteiger partial charge in [-0.15, -0.1) is 0 Å². The number of anilines is 1. The fourth-order valence-electron chi connectivity index (χ4n) is 3.07. The van der Waals surface area contributed by atoms with Crippen LogP contribution in [0.1, 0.15) is 19.3 Å². The van der Waals surface area contributed by atoms with E-state index in [9.17, 15) is 4.79 Å². The van der Waals surface area contributed by atoms with Crippen LogP contribution in [-0.2, 0) is 9.53 Å². The fraction of sp³-hybridized carbons (Fsp3) is 0.600. The summed E-state index contributed by atoms with van der Waals surface area (Å²) in [6.45, 7) is 1.65. The molecule has 3 atom stereocenters. The van der Waals surface area contributed by atoms with Crippen molar-refractivity contribution in [2.75, 3.05) is 25.6 Å². The Balaban J connectivity index is 1.57. The molecule has 0 spiro atoms. The molecule has 1 aliphatic carbocycles. The molecule has 1 aromatic rings. The molecule has 0 aromatic carbocycles. The van der Waals surface area contributed by atoms with Gasteiger partial charge < -0.3 is 20.1 Å². The first-order chi connectivity index (χ1) is 10.3. The maximum Gasteiger partial charge on any atom is 0.227 e. The van der Waals surface area contributed by atoms with E-state index in [4.69, 9.17) is 9.47 Å². The zero-order chi connectivity index (χ0) is 14.7. The molecule has 2 heterocycles. The van der Waals surface area contributed by atoms with E-state index in [1.165, 1.54) is 0 Å². The number of morpholine rings is 1. The molecule has 1 aliphatic heterocycles. The van der Waals surface area contributed by atoms with Crippen LogP contribution in [0.15, 0.2) is 18.3 Å². The first kappa shape index (κ1) is 14.3. The van der Waals surface area contributed by atoms with Crippen LogP contribution in [0.2, 0.25) is 0 Å². The minimum Gasteiger partial charge on any atom is -0.481 e. The van der Waals surface area contributed by atoms with Gasteiger partial charge in [0.15, 0.2) is 0 Å². The molecular formula is C15H21N3O3. The Morgan fingerprint density at radius 1 is 1.48 bits per heavy atom.